The Morgan fingerprint density at radius 2 is 2.19 bits per heavy atom. The first kappa shape index (κ1) is 11.8. The Hall–Kier alpha value is -0.660. The Kier molecular flexibility index (Phi) is 4.14. The van der Waals surface area contributed by atoms with Crippen LogP contribution in [0.3, 0.4) is 0 Å². The van der Waals surface area contributed by atoms with Gasteiger partial charge in [-0.05, 0) is 23.3 Å². The number of aliphatic hydroxyl groups is 2. The number of aliphatic hydroxyl groups excluding tert-OH is 2. The minimum atomic E-state index is -0.710. The van der Waals surface area contributed by atoms with Gasteiger partial charge in [-0.1, -0.05) is 24.6 Å². The molecule has 90 valence electrons. The average molecular weight is 244 g/mol. The third-order valence-corrected chi connectivity index (χ3v) is 3.83. The Morgan fingerprint density at radius 3 is 2.88 bits per heavy atom. The number of thioether (sulfide) groups is 1. The van der Waals surface area contributed by atoms with Crippen LogP contribution < -0.4 is 0 Å². The van der Waals surface area contributed by atoms with Crippen molar-refractivity contribution in [2.45, 2.75) is 43.0 Å². The molecule has 0 spiro atoms. The first-order valence-electron chi connectivity index (χ1n) is 5.51. The minimum absolute atomic E-state index is 0.224. The average Bonchev–Trinajstić information content (AvgIpc) is 2.95. The lowest BCUT2D eigenvalue weighted by molar-refractivity contribution is 0.113. The Balaban J connectivity index is 1.95. The van der Waals surface area contributed by atoms with E-state index in [-0.39, 0.29) is 6.61 Å². The van der Waals surface area contributed by atoms with Crippen LogP contribution in [0.4, 0.5) is 0 Å². The van der Waals surface area contributed by atoms with Crippen LogP contribution in [0.2, 0.25) is 0 Å². The third-order valence-electron chi connectivity index (χ3n) is 2.75. The second-order valence-electron chi connectivity index (χ2n) is 3.99. The van der Waals surface area contributed by atoms with Crippen molar-refractivity contribution in [3.05, 3.63) is 0 Å². The molecule has 16 heavy (non-hydrogen) atoms. The summed E-state index contributed by atoms with van der Waals surface area (Å²) in [6, 6.07) is 0.406. The highest BCUT2D eigenvalue weighted by Gasteiger charge is 2.21. The molecule has 2 N–H and O–H groups in total. The lowest BCUT2D eigenvalue weighted by Crippen LogP contribution is -2.16. The van der Waals surface area contributed by atoms with Crippen LogP contribution in [0.15, 0.2) is 5.16 Å². The van der Waals surface area contributed by atoms with E-state index in [1.165, 1.54) is 24.6 Å². The lowest BCUT2D eigenvalue weighted by Gasteiger charge is -2.11. The van der Waals surface area contributed by atoms with Crippen molar-refractivity contribution in [3.63, 3.8) is 0 Å². The molecule has 2 rings (SSSR count). The van der Waals surface area contributed by atoms with E-state index in [0.717, 1.165) is 18.0 Å². The predicted molar refractivity (Wildman–Crippen MR) is 59.1 cm³/mol. The van der Waals surface area contributed by atoms with Crippen molar-refractivity contribution < 1.29 is 10.2 Å². The molecule has 7 heteroatoms. The fraction of sp³-hybridized carbons (Fsp3) is 0.889. The highest BCUT2D eigenvalue weighted by atomic mass is 32.2. The molecule has 1 unspecified atom stereocenters. The lowest BCUT2D eigenvalue weighted by atomic mass is 10.3. The number of hydrogen-bond acceptors (Lipinski definition) is 6. The first-order chi connectivity index (χ1) is 7.81. The molecule has 0 aromatic carbocycles. The zero-order valence-electron chi connectivity index (χ0n) is 8.99. The summed E-state index contributed by atoms with van der Waals surface area (Å²) >= 11 is 1.39. The number of rotatable bonds is 5. The maximum atomic E-state index is 9.26. The van der Waals surface area contributed by atoms with Gasteiger partial charge >= 0.3 is 0 Å². The Bertz CT molecular complexity index is 327. The third kappa shape index (κ3) is 2.72. The molecule has 1 heterocycles. The van der Waals surface area contributed by atoms with Gasteiger partial charge in [-0.3, -0.25) is 0 Å². The van der Waals surface area contributed by atoms with Crippen molar-refractivity contribution >= 4 is 11.8 Å². The summed E-state index contributed by atoms with van der Waals surface area (Å²) in [6.45, 7) is -0.224. The molecule has 0 aliphatic heterocycles. The van der Waals surface area contributed by atoms with E-state index in [0.29, 0.717) is 11.8 Å². The summed E-state index contributed by atoms with van der Waals surface area (Å²) in [6.07, 6.45) is 4.00. The molecule has 1 aromatic rings. The van der Waals surface area contributed by atoms with Gasteiger partial charge in [0, 0.05) is 5.75 Å². The molecule has 0 amide bonds. The molecule has 1 atom stereocenters. The highest BCUT2D eigenvalue weighted by Crippen LogP contribution is 2.31. The number of hydrogen-bond donors (Lipinski definition) is 2. The van der Waals surface area contributed by atoms with E-state index in [9.17, 15) is 5.11 Å². The van der Waals surface area contributed by atoms with E-state index in [2.05, 4.69) is 15.5 Å². The minimum Gasteiger partial charge on any atom is -0.394 e. The quantitative estimate of drug-likeness (QED) is 0.722. The Labute approximate surface area is 98.0 Å². The van der Waals surface area contributed by atoms with Crippen LogP contribution in [0, 0.1) is 0 Å². The van der Waals surface area contributed by atoms with Crippen LogP contribution in [0.1, 0.15) is 31.7 Å². The van der Waals surface area contributed by atoms with Gasteiger partial charge in [0.25, 0.3) is 0 Å². The van der Waals surface area contributed by atoms with Crippen molar-refractivity contribution in [1.82, 2.24) is 20.2 Å². The van der Waals surface area contributed by atoms with E-state index in [1.807, 2.05) is 4.68 Å². The number of nitrogens with zero attached hydrogens (tertiary/aromatic N) is 4. The molecule has 6 nitrogen and oxygen atoms in total. The Morgan fingerprint density at radius 1 is 1.44 bits per heavy atom. The molecule has 1 saturated carbocycles. The topological polar surface area (TPSA) is 84.1 Å². The van der Waals surface area contributed by atoms with Gasteiger partial charge in [0.2, 0.25) is 5.16 Å². The molecule has 0 bridgehead atoms. The normalized spacial score (nSPS) is 19.1. The highest BCUT2D eigenvalue weighted by molar-refractivity contribution is 7.99. The zero-order valence-corrected chi connectivity index (χ0v) is 9.81. The molecule has 0 radical (unpaired) electrons. The van der Waals surface area contributed by atoms with Crippen molar-refractivity contribution in [2.75, 3.05) is 12.4 Å². The second kappa shape index (κ2) is 5.60. The fourth-order valence-electron chi connectivity index (χ4n) is 1.88. The summed E-state index contributed by atoms with van der Waals surface area (Å²) in [4.78, 5) is 0. The van der Waals surface area contributed by atoms with E-state index < -0.39 is 6.10 Å². The van der Waals surface area contributed by atoms with Crippen molar-refractivity contribution in [1.29, 1.82) is 0 Å². The monoisotopic (exact) mass is 244 g/mol. The van der Waals surface area contributed by atoms with Crippen LogP contribution in [-0.2, 0) is 0 Å². The summed E-state index contributed by atoms with van der Waals surface area (Å²) in [7, 11) is 0. The standard InChI is InChI=1S/C9H16N4O2S/c14-5-8(15)6-16-9-10-11-12-13(9)7-3-1-2-4-7/h7-8,14-15H,1-6H2. The van der Waals surface area contributed by atoms with E-state index in [4.69, 9.17) is 5.11 Å². The SMILES string of the molecule is OCC(O)CSc1nnnn1C1CCCC1. The summed E-state index contributed by atoms with van der Waals surface area (Å²) in [5.74, 6) is 0.420. The van der Waals surface area contributed by atoms with Gasteiger partial charge in [-0.15, -0.1) is 5.10 Å². The van der Waals surface area contributed by atoms with Crippen LogP contribution in [-0.4, -0.2) is 48.9 Å². The van der Waals surface area contributed by atoms with Crippen LogP contribution in [0.25, 0.3) is 0 Å². The molecule has 0 saturated heterocycles. The number of aromatic nitrogens is 4. The molecular weight excluding hydrogens is 228 g/mol. The van der Waals surface area contributed by atoms with Crippen LogP contribution >= 0.6 is 11.8 Å². The molecule has 1 aliphatic carbocycles. The van der Waals surface area contributed by atoms with Crippen LogP contribution in [0.5, 0.6) is 0 Å². The maximum Gasteiger partial charge on any atom is 0.209 e. The van der Waals surface area contributed by atoms with Gasteiger partial charge in [0.15, 0.2) is 0 Å². The summed E-state index contributed by atoms with van der Waals surface area (Å²) < 4.78 is 1.85. The van der Waals surface area contributed by atoms with Gasteiger partial charge in [-0.25, -0.2) is 4.68 Å². The predicted octanol–water partition coefficient (Wildman–Crippen LogP) is 0.233. The van der Waals surface area contributed by atoms with Gasteiger partial charge in [0.05, 0.1) is 18.8 Å². The van der Waals surface area contributed by atoms with Crippen molar-refractivity contribution in [3.8, 4) is 0 Å². The smallest absolute Gasteiger partial charge is 0.209 e. The molecule has 1 fully saturated rings. The fourth-order valence-corrected chi connectivity index (χ4v) is 2.74. The largest absolute Gasteiger partial charge is 0.394 e. The zero-order chi connectivity index (χ0) is 11.4. The van der Waals surface area contributed by atoms with Gasteiger partial charge < -0.3 is 10.2 Å². The van der Waals surface area contributed by atoms with Crippen molar-refractivity contribution in [2.24, 2.45) is 0 Å². The molecule has 1 aliphatic rings. The first-order valence-corrected chi connectivity index (χ1v) is 6.49. The van der Waals surface area contributed by atoms with E-state index in [1.54, 1.807) is 0 Å². The summed E-state index contributed by atoms with van der Waals surface area (Å²) in [5.41, 5.74) is 0. The molecular formula is C9H16N4O2S. The maximum absolute atomic E-state index is 9.26. The second-order valence-corrected chi connectivity index (χ2v) is 4.98. The number of tetrazole rings is 1. The van der Waals surface area contributed by atoms with E-state index >= 15 is 0 Å². The van der Waals surface area contributed by atoms with Gasteiger partial charge in [-0.2, -0.15) is 0 Å². The van der Waals surface area contributed by atoms with Gasteiger partial charge in [0.1, 0.15) is 0 Å². The summed E-state index contributed by atoms with van der Waals surface area (Å²) in [5, 5.41) is 30.3. The molecule has 1 aromatic heterocycles.